The van der Waals surface area contributed by atoms with Crippen LogP contribution in [0.25, 0.3) is 0 Å². The molecule has 0 aliphatic heterocycles. The molecule has 1 unspecified atom stereocenters. The molecule has 0 saturated carbocycles. The largest absolute Gasteiger partial charge is 0.335 e. The van der Waals surface area contributed by atoms with Gasteiger partial charge in [-0.25, -0.2) is 4.98 Å². The zero-order valence-electron chi connectivity index (χ0n) is 11.0. The smallest absolute Gasteiger partial charge is 0.110 e. The van der Waals surface area contributed by atoms with Gasteiger partial charge in [-0.15, -0.1) is 11.3 Å². The predicted octanol–water partition coefficient (Wildman–Crippen LogP) is 4.16. The van der Waals surface area contributed by atoms with Crippen molar-refractivity contribution in [1.29, 1.82) is 0 Å². The summed E-state index contributed by atoms with van der Waals surface area (Å²) in [6.07, 6.45) is 4.64. The van der Waals surface area contributed by atoms with Crippen LogP contribution >= 0.6 is 34.5 Å². The van der Waals surface area contributed by atoms with Crippen LogP contribution in [0.3, 0.4) is 0 Å². The number of aromatic nitrogens is 2. The number of likely N-dealkylation sites (N-methyl/N-ethyl adjacent to an activating group) is 1. The third-order valence-electron chi connectivity index (χ3n) is 3.04. The van der Waals surface area contributed by atoms with Crippen LogP contribution in [0, 0.1) is 0 Å². The van der Waals surface area contributed by atoms with Gasteiger partial charge in [0.1, 0.15) is 5.82 Å². The van der Waals surface area contributed by atoms with Crippen LogP contribution in [-0.4, -0.2) is 16.1 Å². The van der Waals surface area contributed by atoms with Crippen molar-refractivity contribution < 1.29 is 0 Å². The maximum Gasteiger partial charge on any atom is 0.110 e. The fourth-order valence-corrected chi connectivity index (χ4v) is 3.71. The average molecular weight is 318 g/mol. The van der Waals surface area contributed by atoms with Crippen LogP contribution in [0.5, 0.6) is 0 Å². The van der Waals surface area contributed by atoms with Gasteiger partial charge in [0.05, 0.1) is 8.67 Å². The summed E-state index contributed by atoms with van der Waals surface area (Å²) < 4.78 is 3.62. The van der Waals surface area contributed by atoms with Gasteiger partial charge >= 0.3 is 0 Å². The number of nitrogens with zero attached hydrogens (tertiary/aromatic N) is 2. The molecule has 19 heavy (non-hydrogen) atoms. The maximum absolute atomic E-state index is 6.26. The maximum atomic E-state index is 6.26. The highest BCUT2D eigenvalue weighted by Crippen LogP contribution is 2.36. The first kappa shape index (κ1) is 14.9. The molecule has 2 aromatic rings. The Kier molecular flexibility index (Phi) is 5.28. The molecular weight excluding hydrogens is 301 g/mol. The van der Waals surface area contributed by atoms with Gasteiger partial charge < -0.3 is 9.88 Å². The average Bonchev–Trinajstić information content (AvgIpc) is 2.95. The van der Waals surface area contributed by atoms with E-state index in [-0.39, 0.29) is 6.04 Å². The Morgan fingerprint density at radius 1 is 1.42 bits per heavy atom. The minimum Gasteiger partial charge on any atom is -0.335 e. The molecule has 3 nitrogen and oxygen atoms in total. The minimum atomic E-state index is 0.147. The molecule has 0 spiro atoms. The van der Waals surface area contributed by atoms with E-state index in [9.17, 15) is 0 Å². The van der Waals surface area contributed by atoms with Gasteiger partial charge in [-0.1, -0.05) is 30.1 Å². The Hall–Kier alpha value is -0.550. The van der Waals surface area contributed by atoms with E-state index in [0.717, 1.165) is 39.6 Å². The first-order valence-corrected chi connectivity index (χ1v) is 7.91. The summed E-state index contributed by atoms with van der Waals surface area (Å²) in [5.74, 6) is 1.06. The molecule has 0 fully saturated rings. The highest BCUT2D eigenvalue weighted by Gasteiger charge is 2.19. The summed E-state index contributed by atoms with van der Waals surface area (Å²) in [5, 5.41) is 3.45. The quantitative estimate of drug-likeness (QED) is 0.866. The number of aryl methyl sites for hydroxylation is 1. The first-order valence-electron chi connectivity index (χ1n) is 6.33. The van der Waals surface area contributed by atoms with E-state index in [4.69, 9.17) is 23.2 Å². The van der Waals surface area contributed by atoms with Crippen molar-refractivity contribution in [2.75, 3.05) is 6.54 Å². The van der Waals surface area contributed by atoms with E-state index in [1.165, 1.54) is 11.3 Å². The molecule has 0 radical (unpaired) electrons. The van der Waals surface area contributed by atoms with Crippen molar-refractivity contribution >= 4 is 34.5 Å². The fraction of sp³-hybridized carbons (Fsp3) is 0.462. The van der Waals surface area contributed by atoms with Crippen molar-refractivity contribution in [3.8, 4) is 0 Å². The van der Waals surface area contributed by atoms with E-state index in [0.29, 0.717) is 0 Å². The monoisotopic (exact) mass is 317 g/mol. The summed E-state index contributed by atoms with van der Waals surface area (Å²) in [6, 6.07) is 2.09. The second kappa shape index (κ2) is 6.75. The Balaban J connectivity index is 2.23. The standard InChI is InChI=1S/C13H17Cl2N3S/c1-3-16-10(9-7-11(14)19-13(9)15)8-12-17-5-6-18(12)4-2/h5-7,10,16H,3-4,8H2,1-2H3. The van der Waals surface area contributed by atoms with Crippen molar-refractivity contribution in [3.05, 3.63) is 38.5 Å². The molecule has 2 heterocycles. The lowest BCUT2D eigenvalue weighted by molar-refractivity contribution is 0.523. The molecule has 2 rings (SSSR count). The topological polar surface area (TPSA) is 29.9 Å². The lowest BCUT2D eigenvalue weighted by Gasteiger charge is -2.17. The molecule has 0 aromatic carbocycles. The van der Waals surface area contributed by atoms with Crippen molar-refractivity contribution in [2.24, 2.45) is 0 Å². The minimum absolute atomic E-state index is 0.147. The van der Waals surface area contributed by atoms with Crippen LogP contribution in [0.15, 0.2) is 18.5 Å². The predicted molar refractivity (Wildman–Crippen MR) is 82.4 cm³/mol. The molecule has 0 aliphatic carbocycles. The number of nitrogens with one attached hydrogen (secondary N) is 1. The van der Waals surface area contributed by atoms with E-state index in [1.807, 2.05) is 18.5 Å². The first-order chi connectivity index (χ1) is 9.15. The summed E-state index contributed by atoms with van der Waals surface area (Å²) in [6.45, 7) is 6.00. The van der Waals surface area contributed by atoms with Crippen molar-refractivity contribution in [2.45, 2.75) is 32.9 Å². The van der Waals surface area contributed by atoms with Crippen LogP contribution in [0.1, 0.15) is 31.3 Å². The SMILES string of the molecule is CCNC(Cc1nccn1CC)c1cc(Cl)sc1Cl. The Labute approximate surface area is 127 Å². The van der Waals surface area contributed by atoms with Gasteiger partial charge in [0.25, 0.3) is 0 Å². The molecule has 0 bridgehead atoms. The zero-order chi connectivity index (χ0) is 13.8. The van der Waals surface area contributed by atoms with Crippen molar-refractivity contribution in [3.63, 3.8) is 0 Å². The van der Waals surface area contributed by atoms with Crippen LogP contribution in [-0.2, 0) is 13.0 Å². The number of imidazole rings is 1. The van der Waals surface area contributed by atoms with Crippen LogP contribution in [0.2, 0.25) is 8.67 Å². The molecule has 6 heteroatoms. The molecular formula is C13H17Cl2N3S. The number of halogens is 2. The van der Waals surface area contributed by atoms with Gasteiger partial charge in [0.2, 0.25) is 0 Å². The molecule has 2 aromatic heterocycles. The number of thiophene rings is 1. The fourth-order valence-electron chi connectivity index (χ4n) is 2.13. The van der Waals surface area contributed by atoms with Gasteiger partial charge in [-0.2, -0.15) is 0 Å². The summed E-state index contributed by atoms with van der Waals surface area (Å²) in [5.41, 5.74) is 1.06. The highest BCUT2D eigenvalue weighted by molar-refractivity contribution is 7.20. The second-order valence-electron chi connectivity index (χ2n) is 4.22. The molecule has 0 amide bonds. The van der Waals surface area contributed by atoms with Gasteiger partial charge in [-0.05, 0) is 19.5 Å². The third kappa shape index (κ3) is 3.51. The Bertz CT molecular complexity index is 536. The number of hydrogen-bond donors (Lipinski definition) is 1. The summed E-state index contributed by atoms with van der Waals surface area (Å²) in [4.78, 5) is 4.42. The van der Waals surface area contributed by atoms with E-state index < -0.39 is 0 Å². The molecule has 104 valence electrons. The zero-order valence-corrected chi connectivity index (χ0v) is 13.3. The van der Waals surface area contributed by atoms with Gasteiger partial charge in [0, 0.05) is 37.0 Å². The molecule has 0 saturated heterocycles. The third-order valence-corrected chi connectivity index (χ3v) is 4.56. The van der Waals surface area contributed by atoms with Crippen LogP contribution in [0.4, 0.5) is 0 Å². The van der Waals surface area contributed by atoms with E-state index >= 15 is 0 Å². The molecule has 1 atom stereocenters. The number of rotatable bonds is 6. The number of hydrogen-bond acceptors (Lipinski definition) is 3. The Morgan fingerprint density at radius 2 is 2.21 bits per heavy atom. The molecule has 1 N–H and O–H groups in total. The van der Waals surface area contributed by atoms with Gasteiger partial charge in [0.15, 0.2) is 0 Å². The van der Waals surface area contributed by atoms with Crippen LogP contribution < -0.4 is 5.32 Å². The summed E-state index contributed by atoms with van der Waals surface area (Å²) >= 11 is 13.7. The normalized spacial score (nSPS) is 12.8. The lowest BCUT2D eigenvalue weighted by atomic mass is 10.1. The summed E-state index contributed by atoms with van der Waals surface area (Å²) in [7, 11) is 0. The lowest BCUT2D eigenvalue weighted by Crippen LogP contribution is -2.24. The van der Waals surface area contributed by atoms with E-state index in [2.05, 4.69) is 28.7 Å². The van der Waals surface area contributed by atoms with E-state index in [1.54, 1.807) is 0 Å². The van der Waals surface area contributed by atoms with Gasteiger partial charge in [-0.3, -0.25) is 0 Å². The highest BCUT2D eigenvalue weighted by atomic mass is 35.5. The second-order valence-corrected chi connectivity index (χ2v) is 6.51. The Morgan fingerprint density at radius 3 is 2.79 bits per heavy atom. The molecule has 0 aliphatic rings. The van der Waals surface area contributed by atoms with Crippen molar-refractivity contribution in [1.82, 2.24) is 14.9 Å².